The molecule has 256 valence electrons. The van der Waals surface area contributed by atoms with E-state index in [4.69, 9.17) is 39.9 Å². The number of Topliss-reactive ketones (excluding diaryl/α,β-unsaturated/α-hetero) is 2. The van der Waals surface area contributed by atoms with Crippen LogP contribution in [-0.2, 0) is 24.1 Å². The summed E-state index contributed by atoms with van der Waals surface area (Å²) in [5.41, 5.74) is 1.19. The number of ether oxygens (including phenoxy) is 4. The van der Waals surface area contributed by atoms with Crippen LogP contribution in [0.1, 0.15) is 44.0 Å². The topological polar surface area (TPSA) is 126 Å². The fourth-order valence-electron chi connectivity index (χ4n) is 6.68. The number of hydrogen-bond acceptors (Lipinski definition) is 10. The molecule has 0 bridgehead atoms. The minimum absolute atomic E-state index is 0.0206. The van der Waals surface area contributed by atoms with E-state index in [-0.39, 0.29) is 52.1 Å². The van der Waals surface area contributed by atoms with E-state index in [1.54, 1.807) is 38.3 Å². The lowest BCUT2D eigenvalue weighted by molar-refractivity contribution is -0.120. The van der Waals surface area contributed by atoms with Gasteiger partial charge in [-0.05, 0) is 24.3 Å². The van der Waals surface area contributed by atoms with Crippen LogP contribution in [0.4, 0.5) is 0 Å². The van der Waals surface area contributed by atoms with Gasteiger partial charge >= 0.3 is 0 Å². The van der Waals surface area contributed by atoms with E-state index in [2.05, 4.69) is 5.32 Å². The lowest BCUT2D eigenvalue weighted by Gasteiger charge is -2.35. The molecular weight excluding hydrogens is 680 g/mol. The molecule has 3 heterocycles. The molecule has 0 unspecified atom stereocenters. The summed E-state index contributed by atoms with van der Waals surface area (Å²) in [4.78, 5) is 47.4. The zero-order chi connectivity index (χ0) is 35.2. The molecule has 0 radical (unpaired) electrons. The fraction of sp³-hybridized carbons (Fsp3) is 0.263. The highest BCUT2D eigenvalue weighted by molar-refractivity contribution is 7.09. The minimum atomic E-state index is -1.95. The van der Waals surface area contributed by atoms with Crippen LogP contribution >= 0.6 is 22.9 Å². The van der Waals surface area contributed by atoms with Crippen LogP contribution in [0.15, 0.2) is 70.5 Å². The maximum atomic E-state index is 14.8. The number of halogens is 1. The van der Waals surface area contributed by atoms with Gasteiger partial charge in [-0.2, -0.15) is 0 Å². The van der Waals surface area contributed by atoms with E-state index in [0.717, 1.165) is 16.3 Å². The first kappa shape index (κ1) is 33.4. The minimum Gasteiger partial charge on any atom is -0.497 e. The Morgan fingerprint density at radius 2 is 1.70 bits per heavy atom. The van der Waals surface area contributed by atoms with E-state index >= 15 is 0 Å². The molecule has 7 rings (SSSR count). The van der Waals surface area contributed by atoms with E-state index in [0.29, 0.717) is 41.4 Å². The number of benzene rings is 3. The highest BCUT2D eigenvalue weighted by Gasteiger charge is 2.63. The second kappa shape index (κ2) is 13.3. The summed E-state index contributed by atoms with van der Waals surface area (Å²) in [5.74, 6) is -0.341. The fourth-order valence-corrected chi connectivity index (χ4v) is 7.75. The first-order valence-electron chi connectivity index (χ1n) is 16.0. The molecule has 1 amide bonds. The molecule has 50 heavy (non-hydrogen) atoms. The van der Waals surface area contributed by atoms with Crippen LogP contribution in [0.3, 0.4) is 0 Å². The number of carbonyl (C=O) groups excluding carboxylic acids is 3. The molecule has 1 spiro atoms. The Bertz CT molecular complexity index is 2120. The second-order valence-electron chi connectivity index (χ2n) is 12.1. The number of fused-ring (bicyclic) bond motifs is 2. The van der Waals surface area contributed by atoms with Crippen molar-refractivity contribution in [2.24, 2.45) is 5.92 Å². The number of aromatic nitrogens is 1. The first-order valence-corrected chi connectivity index (χ1v) is 17.2. The van der Waals surface area contributed by atoms with Crippen LogP contribution in [0, 0.1) is 5.92 Å². The number of amides is 1. The first-order chi connectivity index (χ1) is 24.2. The Labute approximate surface area is 297 Å². The molecule has 1 aliphatic carbocycles. The molecule has 1 N–H and O–H groups in total. The van der Waals surface area contributed by atoms with Gasteiger partial charge in [0.25, 0.3) is 0 Å². The number of thiazole rings is 1. The Balaban J connectivity index is 1.21. The number of carbonyl (C=O) groups is 3. The van der Waals surface area contributed by atoms with Crippen molar-refractivity contribution in [2.75, 3.05) is 27.9 Å². The van der Waals surface area contributed by atoms with Crippen molar-refractivity contribution in [3.63, 3.8) is 0 Å². The predicted octanol–water partition coefficient (Wildman–Crippen LogP) is 7.04. The Hall–Kier alpha value is -5.13. The lowest BCUT2D eigenvalue weighted by atomic mass is 9.70. The molecule has 5 aromatic rings. The van der Waals surface area contributed by atoms with Crippen molar-refractivity contribution in [2.45, 2.75) is 31.8 Å². The Morgan fingerprint density at radius 3 is 2.40 bits per heavy atom. The van der Waals surface area contributed by atoms with Gasteiger partial charge in [-0.25, -0.2) is 4.98 Å². The van der Waals surface area contributed by atoms with E-state index in [1.165, 1.54) is 31.6 Å². The van der Waals surface area contributed by atoms with Gasteiger partial charge in [-0.3, -0.25) is 14.4 Å². The van der Waals surface area contributed by atoms with Crippen molar-refractivity contribution in [1.82, 2.24) is 10.3 Å². The summed E-state index contributed by atoms with van der Waals surface area (Å²) in [7, 11) is 4.41. The number of hydrogen-bond donors (Lipinski definition) is 1. The SMILES string of the molecule is COc1ccc(-c2oc3c(c2CC(=O)NCCc2nc(-c4ccccc4)cs2)C(=O)[C@@]2(Oc4c(Cl)c(OC)cc(OC)c4C2=O)[C@H](C)C3)cc1. The van der Waals surface area contributed by atoms with Gasteiger partial charge in [0.15, 0.2) is 5.75 Å². The highest BCUT2D eigenvalue weighted by Crippen LogP contribution is 2.54. The summed E-state index contributed by atoms with van der Waals surface area (Å²) in [5, 5.41) is 5.91. The number of methoxy groups -OCH3 is 3. The summed E-state index contributed by atoms with van der Waals surface area (Å²) in [6.07, 6.45) is 0.545. The number of ketones is 2. The quantitative estimate of drug-likeness (QED) is 0.152. The number of nitrogens with one attached hydrogen (secondary N) is 1. The molecule has 12 heteroatoms. The van der Waals surface area contributed by atoms with Gasteiger partial charge in [-0.1, -0.05) is 48.9 Å². The van der Waals surface area contributed by atoms with Crippen molar-refractivity contribution in [1.29, 1.82) is 0 Å². The summed E-state index contributed by atoms with van der Waals surface area (Å²) >= 11 is 8.16. The molecule has 0 fully saturated rings. The van der Waals surface area contributed by atoms with E-state index in [1.807, 2.05) is 35.7 Å². The largest absolute Gasteiger partial charge is 0.497 e. The maximum Gasteiger partial charge on any atom is 0.237 e. The van der Waals surface area contributed by atoms with E-state index < -0.39 is 23.1 Å². The van der Waals surface area contributed by atoms with Crippen LogP contribution in [0.25, 0.3) is 22.6 Å². The van der Waals surface area contributed by atoms with Gasteiger partial charge in [0.2, 0.25) is 23.1 Å². The summed E-state index contributed by atoms with van der Waals surface area (Å²) in [6, 6.07) is 18.5. The molecule has 2 aromatic heterocycles. The van der Waals surface area contributed by atoms with Gasteiger partial charge < -0.3 is 28.7 Å². The summed E-state index contributed by atoms with van der Waals surface area (Å²) in [6.45, 7) is 2.09. The molecular formula is C38H33ClN2O8S. The van der Waals surface area contributed by atoms with E-state index in [9.17, 15) is 14.4 Å². The molecule has 10 nitrogen and oxygen atoms in total. The smallest absolute Gasteiger partial charge is 0.237 e. The average molecular weight is 713 g/mol. The zero-order valence-electron chi connectivity index (χ0n) is 27.8. The predicted molar refractivity (Wildman–Crippen MR) is 188 cm³/mol. The molecule has 0 saturated heterocycles. The van der Waals surface area contributed by atoms with Crippen LogP contribution in [-0.4, -0.2) is 55.9 Å². The molecule has 2 atom stereocenters. The standard InChI is InChI=1S/C38H33ClN2O8S/c1-20-16-27-31(36(43)38(20)37(44)32-26(46-3)18-28(47-4)33(39)35(32)49-38)24(34(48-27)22-10-12-23(45-2)13-11-22)17-29(42)40-15-14-30-41-25(19-50-30)21-8-6-5-7-9-21/h5-13,18-20H,14-17H2,1-4H3,(H,40,42)/t20-,38+/m1/s1. The molecule has 1 aliphatic heterocycles. The van der Waals surface area contributed by atoms with Crippen molar-refractivity contribution in [3.8, 4) is 45.6 Å². The van der Waals surface area contributed by atoms with Crippen LogP contribution in [0.2, 0.25) is 5.02 Å². The third-order valence-corrected chi connectivity index (χ3v) is 10.5. The molecule has 2 aliphatic rings. The highest BCUT2D eigenvalue weighted by atomic mass is 35.5. The number of nitrogens with zero attached hydrogens (tertiary/aromatic N) is 1. The van der Waals surface area contributed by atoms with Crippen molar-refractivity contribution in [3.05, 3.63) is 98.5 Å². The third kappa shape index (κ3) is 5.50. The van der Waals surface area contributed by atoms with Gasteiger partial charge in [0.05, 0.1) is 44.0 Å². The van der Waals surface area contributed by atoms with Crippen LogP contribution in [0.5, 0.6) is 23.0 Å². The summed E-state index contributed by atoms with van der Waals surface area (Å²) < 4.78 is 29.0. The molecule has 0 saturated carbocycles. The van der Waals surface area contributed by atoms with Crippen molar-refractivity contribution >= 4 is 40.4 Å². The number of furan rings is 1. The average Bonchev–Trinajstić information content (AvgIpc) is 3.83. The van der Waals surface area contributed by atoms with Crippen molar-refractivity contribution < 1.29 is 37.7 Å². The second-order valence-corrected chi connectivity index (χ2v) is 13.4. The van der Waals surface area contributed by atoms with Gasteiger partial charge in [-0.15, -0.1) is 11.3 Å². The molecule has 3 aromatic carbocycles. The number of rotatable bonds is 10. The third-order valence-electron chi connectivity index (χ3n) is 9.22. The van der Waals surface area contributed by atoms with Gasteiger partial charge in [0, 0.05) is 53.4 Å². The zero-order valence-corrected chi connectivity index (χ0v) is 29.3. The lowest BCUT2D eigenvalue weighted by Crippen LogP contribution is -2.56. The maximum absolute atomic E-state index is 14.8. The Kier molecular flexibility index (Phi) is 8.87. The monoisotopic (exact) mass is 712 g/mol. The normalized spacial score (nSPS) is 17.7. The Morgan fingerprint density at radius 1 is 0.980 bits per heavy atom. The van der Waals surface area contributed by atoms with Gasteiger partial charge in [0.1, 0.15) is 39.4 Å². The van der Waals surface area contributed by atoms with Crippen LogP contribution < -0.4 is 24.3 Å².